The van der Waals surface area contributed by atoms with Gasteiger partial charge < -0.3 is 15.4 Å². The molecule has 3 aromatic rings. The number of nitrogens with zero attached hydrogens (tertiary/aromatic N) is 3. The molecule has 0 aliphatic carbocycles. The fourth-order valence-corrected chi connectivity index (χ4v) is 3.30. The highest BCUT2D eigenvalue weighted by atomic mass is 19.4. The van der Waals surface area contributed by atoms with E-state index in [1.807, 2.05) is 12.3 Å². The van der Waals surface area contributed by atoms with Crippen LogP contribution in [0, 0.1) is 0 Å². The summed E-state index contributed by atoms with van der Waals surface area (Å²) in [5.41, 5.74) is 2.81. The monoisotopic (exact) mass is 403 g/mol. The first-order valence-electron chi connectivity index (χ1n) is 9.18. The second kappa shape index (κ2) is 7.75. The molecule has 0 unspecified atom stereocenters. The van der Waals surface area contributed by atoms with Crippen molar-refractivity contribution in [1.82, 2.24) is 19.9 Å². The second-order valence-electron chi connectivity index (χ2n) is 6.74. The van der Waals surface area contributed by atoms with Crippen molar-refractivity contribution in [1.29, 1.82) is 0 Å². The molecule has 2 aromatic heterocycles. The quantitative estimate of drug-likeness (QED) is 0.680. The molecule has 152 valence electrons. The first-order valence-corrected chi connectivity index (χ1v) is 9.18. The van der Waals surface area contributed by atoms with Gasteiger partial charge in [0.05, 0.1) is 12.7 Å². The summed E-state index contributed by atoms with van der Waals surface area (Å²) in [6.07, 6.45) is 0.583. The number of fused-ring (bicyclic) bond motifs is 1. The number of rotatable bonds is 5. The highest BCUT2D eigenvalue weighted by Crippen LogP contribution is 2.30. The summed E-state index contributed by atoms with van der Waals surface area (Å²) >= 11 is 0. The van der Waals surface area contributed by atoms with E-state index in [0.717, 1.165) is 42.7 Å². The highest BCUT2D eigenvalue weighted by Gasteiger charge is 2.30. The van der Waals surface area contributed by atoms with Gasteiger partial charge in [-0.25, -0.2) is 4.52 Å². The Bertz CT molecular complexity index is 1060. The van der Waals surface area contributed by atoms with Gasteiger partial charge in [0.2, 0.25) is 0 Å². The van der Waals surface area contributed by atoms with E-state index in [4.69, 9.17) is 4.74 Å². The van der Waals surface area contributed by atoms with Crippen LogP contribution in [-0.2, 0) is 12.7 Å². The smallest absolute Gasteiger partial charge is 0.416 e. The van der Waals surface area contributed by atoms with E-state index in [-0.39, 0.29) is 12.6 Å². The number of ether oxygens (including phenoxy) is 1. The van der Waals surface area contributed by atoms with Crippen LogP contribution in [0.5, 0.6) is 6.01 Å². The van der Waals surface area contributed by atoms with Gasteiger partial charge in [0.1, 0.15) is 5.52 Å². The van der Waals surface area contributed by atoms with Crippen molar-refractivity contribution in [3.8, 4) is 6.01 Å². The van der Waals surface area contributed by atoms with Crippen LogP contribution in [0.4, 0.5) is 19.0 Å². The molecule has 29 heavy (non-hydrogen) atoms. The molecule has 1 aromatic carbocycles. The number of halogens is 3. The molecule has 1 aliphatic heterocycles. The van der Waals surface area contributed by atoms with Crippen LogP contribution in [0.1, 0.15) is 23.1 Å². The fraction of sp³-hybridized carbons (Fsp3) is 0.300. The lowest BCUT2D eigenvalue weighted by atomic mass is 10.0. The molecule has 0 fully saturated rings. The first kappa shape index (κ1) is 19.3. The van der Waals surface area contributed by atoms with Crippen molar-refractivity contribution in [2.45, 2.75) is 19.1 Å². The summed E-state index contributed by atoms with van der Waals surface area (Å²) in [4.78, 5) is 4.34. The molecule has 0 spiro atoms. The third kappa shape index (κ3) is 4.19. The van der Waals surface area contributed by atoms with E-state index < -0.39 is 11.7 Å². The van der Waals surface area contributed by atoms with E-state index in [1.54, 1.807) is 10.6 Å². The van der Waals surface area contributed by atoms with Crippen LogP contribution >= 0.6 is 0 Å². The minimum absolute atomic E-state index is 0.172. The molecule has 9 heteroatoms. The van der Waals surface area contributed by atoms with Crippen molar-refractivity contribution in [2.24, 2.45) is 0 Å². The average Bonchev–Trinajstić information content (AvgIpc) is 3.16. The molecular formula is C20H20F3N5O. The Morgan fingerprint density at radius 2 is 2.14 bits per heavy atom. The van der Waals surface area contributed by atoms with Crippen molar-refractivity contribution < 1.29 is 17.9 Å². The number of benzene rings is 1. The maximum atomic E-state index is 12.9. The zero-order chi connectivity index (χ0) is 20.4. The lowest BCUT2D eigenvalue weighted by molar-refractivity contribution is -0.137. The molecule has 0 radical (unpaired) electrons. The normalized spacial score (nSPS) is 14.7. The predicted molar refractivity (Wildman–Crippen MR) is 104 cm³/mol. The van der Waals surface area contributed by atoms with E-state index in [2.05, 4.69) is 26.8 Å². The van der Waals surface area contributed by atoms with Crippen molar-refractivity contribution in [3.63, 3.8) is 0 Å². The summed E-state index contributed by atoms with van der Waals surface area (Å²) in [7, 11) is 1.47. The van der Waals surface area contributed by atoms with Gasteiger partial charge in [-0.05, 0) is 47.9 Å². The van der Waals surface area contributed by atoms with Crippen molar-refractivity contribution >= 4 is 16.9 Å². The molecule has 4 rings (SSSR count). The number of aromatic nitrogens is 3. The SMILES string of the molecule is COc1nc(NCc2cccc(C(F)(F)F)c2)c2cc(C3=CCNCC3)cn2n1. The van der Waals surface area contributed by atoms with Gasteiger partial charge in [0.15, 0.2) is 5.82 Å². The van der Waals surface area contributed by atoms with Gasteiger partial charge in [-0.1, -0.05) is 18.2 Å². The van der Waals surface area contributed by atoms with E-state index in [0.29, 0.717) is 11.4 Å². The standard InChI is InChI=1S/C20H20F3N5O/c1-29-19-26-18(25-11-13-3-2-4-16(9-13)20(21,22)23)17-10-15(12-28(17)27-19)14-5-7-24-8-6-14/h2-5,9-10,12,24H,6-8,11H2,1H3,(H,25,26,27). The van der Waals surface area contributed by atoms with Crippen LogP contribution < -0.4 is 15.4 Å². The van der Waals surface area contributed by atoms with Gasteiger partial charge >= 0.3 is 12.2 Å². The molecule has 0 amide bonds. The summed E-state index contributed by atoms with van der Waals surface area (Å²) in [6, 6.07) is 7.37. The lowest BCUT2D eigenvalue weighted by Gasteiger charge is -2.12. The number of nitrogens with one attached hydrogen (secondary N) is 2. The molecule has 2 N–H and O–H groups in total. The van der Waals surface area contributed by atoms with E-state index in [9.17, 15) is 13.2 Å². The molecule has 3 heterocycles. The molecule has 0 saturated heterocycles. The second-order valence-corrected chi connectivity index (χ2v) is 6.74. The molecule has 0 bridgehead atoms. The largest absolute Gasteiger partial charge is 0.466 e. The van der Waals surface area contributed by atoms with E-state index >= 15 is 0 Å². The predicted octanol–water partition coefficient (Wildman–Crippen LogP) is 3.75. The lowest BCUT2D eigenvalue weighted by Crippen LogP contribution is -2.19. The topological polar surface area (TPSA) is 63.5 Å². The van der Waals surface area contributed by atoms with Crippen molar-refractivity contribution in [2.75, 3.05) is 25.5 Å². The summed E-state index contributed by atoms with van der Waals surface area (Å²) in [6.45, 7) is 1.91. The molecular weight excluding hydrogens is 383 g/mol. The number of hydrogen-bond acceptors (Lipinski definition) is 5. The Labute approximate surface area is 165 Å². The van der Waals surface area contributed by atoms with Gasteiger partial charge in [0.25, 0.3) is 0 Å². The van der Waals surface area contributed by atoms with E-state index in [1.165, 1.54) is 18.7 Å². The van der Waals surface area contributed by atoms with Gasteiger partial charge in [-0.3, -0.25) is 0 Å². The Morgan fingerprint density at radius 3 is 2.86 bits per heavy atom. The number of alkyl halides is 3. The maximum absolute atomic E-state index is 12.9. The van der Waals surface area contributed by atoms with Crippen LogP contribution in [0.2, 0.25) is 0 Å². The number of methoxy groups -OCH3 is 1. The first-order chi connectivity index (χ1) is 13.9. The maximum Gasteiger partial charge on any atom is 0.416 e. The number of hydrogen-bond donors (Lipinski definition) is 2. The van der Waals surface area contributed by atoms with Gasteiger partial charge in [-0.2, -0.15) is 18.2 Å². The van der Waals surface area contributed by atoms with Crippen LogP contribution in [0.25, 0.3) is 11.1 Å². The average molecular weight is 403 g/mol. The summed E-state index contributed by atoms with van der Waals surface area (Å²) < 4.78 is 45.7. The minimum atomic E-state index is -4.37. The van der Waals surface area contributed by atoms with Crippen LogP contribution in [0.15, 0.2) is 42.6 Å². The summed E-state index contributed by atoms with van der Waals surface area (Å²) in [5, 5.41) is 10.7. The minimum Gasteiger partial charge on any atom is -0.466 e. The van der Waals surface area contributed by atoms with Gasteiger partial charge in [-0.15, -0.1) is 5.10 Å². The zero-order valence-corrected chi connectivity index (χ0v) is 15.8. The van der Waals surface area contributed by atoms with Crippen molar-refractivity contribution in [3.05, 3.63) is 59.3 Å². The Morgan fingerprint density at radius 1 is 1.28 bits per heavy atom. The molecule has 1 aliphatic rings. The highest BCUT2D eigenvalue weighted by molar-refractivity contribution is 5.77. The fourth-order valence-electron chi connectivity index (χ4n) is 3.30. The Hall–Kier alpha value is -3.07. The van der Waals surface area contributed by atoms with Crippen LogP contribution in [0.3, 0.4) is 0 Å². The Kier molecular flexibility index (Phi) is 5.14. The zero-order valence-electron chi connectivity index (χ0n) is 15.8. The Balaban J connectivity index is 1.64. The third-order valence-electron chi connectivity index (χ3n) is 4.78. The van der Waals surface area contributed by atoms with Crippen LogP contribution in [-0.4, -0.2) is 34.8 Å². The molecule has 0 saturated carbocycles. The molecule has 0 atom stereocenters. The number of anilines is 1. The third-order valence-corrected chi connectivity index (χ3v) is 4.78. The molecule has 6 nitrogen and oxygen atoms in total. The summed E-state index contributed by atoms with van der Waals surface area (Å²) in [5.74, 6) is 0.495. The van der Waals surface area contributed by atoms with Gasteiger partial charge in [0, 0.05) is 19.3 Å².